The van der Waals surface area contributed by atoms with Gasteiger partial charge in [0.2, 0.25) is 21.7 Å². The van der Waals surface area contributed by atoms with Crippen molar-refractivity contribution in [2.45, 2.75) is 23.8 Å². The van der Waals surface area contributed by atoms with E-state index in [0.29, 0.717) is 41.7 Å². The molecule has 0 radical (unpaired) electrons. The minimum Gasteiger partial charge on any atom is -0.493 e. The number of amides is 1. The van der Waals surface area contributed by atoms with E-state index >= 15 is 0 Å². The molecule has 0 saturated heterocycles. The van der Waals surface area contributed by atoms with Crippen molar-refractivity contribution < 1.29 is 27.4 Å². The average molecular weight is 430 g/mol. The van der Waals surface area contributed by atoms with Gasteiger partial charge in [-0.05, 0) is 54.8 Å². The summed E-state index contributed by atoms with van der Waals surface area (Å²) in [6.45, 7) is 0.893. The Morgan fingerprint density at radius 1 is 1.17 bits per heavy atom. The monoisotopic (exact) mass is 430 g/mol. The topological polar surface area (TPSA) is 103 Å². The molecule has 1 fully saturated rings. The molecule has 1 amide bonds. The highest BCUT2D eigenvalue weighted by Gasteiger charge is 2.28. The van der Waals surface area contributed by atoms with Gasteiger partial charge in [-0.3, -0.25) is 4.79 Å². The Morgan fingerprint density at radius 2 is 1.97 bits per heavy atom. The molecule has 0 unspecified atom stereocenters. The van der Waals surface area contributed by atoms with Crippen LogP contribution >= 0.6 is 0 Å². The molecular formula is C21H22N2O6S. The number of hydrogen-bond acceptors (Lipinski definition) is 6. The Morgan fingerprint density at radius 3 is 2.73 bits per heavy atom. The van der Waals surface area contributed by atoms with Gasteiger partial charge < -0.3 is 19.5 Å². The third-order valence-electron chi connectivity index (χ3n) is 4.59. The zero-order chi connectivity index (χ0) is 21.1. The molecule has 8 nitrogen and oxygen atoms in total. The number of carbonyl (C=O) groups excluding carboxylic acids is 1. The van der Waals surface area contributed by atoms with Crippen molar-refractivity contribution >= 4 is 27.7 Å². The van der Waals surface area contributed by atoms with Gasteiger partial charge in [-0.15, -0.1) is 0 Å². The first-order valence-corrected chi connectivity index (χ1v) is 11.0. The van der Waals surface area contributed by atoms with Crippen LogP contribution in [0.15, 0.2) is 47.4 Å². The molecule has 2 aromatic carbocycles. The number of rotatable bonds is 7. The summed E-state index contributed by atoms with van der Waals surface area (Å²) < 4.78 is 43.8. The number of fused-ring (bicyclic) bond motifs is 1. The van der Waals surface area contributed by atoms with Crippen LogP contribution in [-0.2, 0) is 14.8 Å². The van der Waals surface area contributed by atoms with Crippen molar-refractivity contribution in [2.75, 3.05) is 25.6 Å². The summed E-state index contributed by atoms with van der Waals surface area (Å²) in [5.41, 5.74) is 1.10. The SMILES string of the molecule is COc1cc(/C=C/C(=O)Nc2cccc(S(=O)(=O)NC3CC3)c2)cc2c1OCCO2. The summed E-state index contributed by atoms with van der Waals surface area (Å²) in [6.07, 6.45) is 4.68. The number of sulfonamides is 1. The fraction of sp³-hybridized carbons (Fsp3) is 0.286. The standard InChI is InChI=1S/C21H22N2O6S/c1-27-18-11-14(12-19-21(18)29-10-9-28-19)5-8-20(24)22-16-3-2-4-17(13-16)30(25,26)23-15-6-7-15/h2-5,8,11-13,15,23H,6-7,9-10H2,1H3,(H,22,24)/b8-5+. The summed E-state index contributed by atoms with van der Waals surface area (Å²) in [5, 5.41) is 2.68. The van der Waals surface area contributed by atoms with Gasteiger partial charge in [-0.1, -0.05) is 6.07 Å². The number of anilines is 1. The van der Waals surface area contributed by atoms with Gasteiger partial charge in [0.15, 0.2) is 11.5 Å². The summed E-state index contributed by atoms with van der Waals surface area (Å²) in [6, 6.07) is 9.67. The van der Waals surface area contributed by atoms with Gasteiger partial charge in [-0.2, -0.15) is 0 Å². The second-order valence-corrected chi connectivity index (χ2v) is 8.71. The number of carbonyl (C=O) groups is 1. The zero-order valence-electron chi connectivity index (χ0n) is 16.4. The van der Waals surface area contributed by atoms with Gasteiger partial charge in [0.25, 0.3) is 0 Å². The van der Waals surface area contributed by atoms with Crippen LogP contribution < -0.4 is 24.2 Å². The van der Waals surface area contributed by atoms with E-state index in [1.54, 1.807) is 30.3 Å². The van der Waals surface area contributed by atoms with E-state index in [-0.39, 0.29) is 10.9 Å². The largest absolute Gasteiger partial charge is 0.493 e. The fourth-order valence-electron chi connectivity index (χ4n) is 2.98. The first-order valence-electron chi connectivity index (χ1n) is 9.54. The molecule has 1 saturated carbocycles. The van der Waals surface area contributed by atoms with Gasteiger partial charge >= 0.3 is 0 Å². The molecule has 0 aromatic heterocycles. The molecule has 0 atom stereocenters. The molecule has 1 aliphatic heterocycles. The van der Waals surface area contributed by atoms with E-state index in [0.717, 1.165) is 12.8 Å². The van der Waals surface area contributed by atoms with Crippen molar-refractivity contribution in [3.8, 4) is 17.2 Å². The normalized spacial score (nSPS) is 15.8. The Hall–Kier alpha value is -3.04. The maximum Gasteiger partial charge on any atom is 0.248 e. The lowest BCUT2D eigenvalue weighted by molar-refractivity contribution is -0.111. The van der Waals surface area contributed by atoms with E-state index in [1.807, 2.05) is 0 Å². The van der Waals surface area contributed by atoms with Crippen LogP contribution in [-0.4, -0.2) is 40.7 Å². The average Bonchev–Trinajstić information content (AvgIpc) is 3.55. The number of ether oxygens (including phenoxy) is 3. The van der Waals surface area contributed by atoms with Crippen LogP contribution in [0.25, 0.3) is 6.08 Å². The highest BCUT2D eigenvalue weighted by atomic mass is 32.2. The molecular weight excluding hydrogens is 408 g/mol. The Kier molecular flexibility index (Phi) is 5.65. The van der Waals surface area contributed by atoms with Crippen molar-refractivity contribution in [1.82, 2.24) is 4.72 Å². The lowest BCUT2D eigenvalue weighted by Crippen LogP contribution is -2.25. The molecule has 4 rings (SSSR count). The summed E-state index contributed by atoms with van der Waals surface area (Å²) in [5.74, 6) is 1.23. The molecule has 2 N–H and O–H groups in total. The van der Waals surface area contributed by atoms with Crippen LogP contribution in [0.5, 0.6) is 17.2 Å². The van der Waals surface area contributed by atoms with Crippen LogP contribution in [0.3, 0.4) is 0 Å². The molecule has 2 aliphatic rings. The summed E-state index contributed by atoms with van der Waals surface area (Å²) in [4.78, 5) is 12.4. The van der Waals surface area contributed by atoms with Gasteiger partial charge in [0, 0.05) is 17.8 Å². The molecule has 2 aromatic rings. The van der Waals surface area contributed by atoms with Gasteiger partial charge in [-0.25, -0.2) is 13.1 Å². The lowest BCUT2D eigenvalue weighted by Gasteiger charge is -2.20. The van der Waals surface area contributed by atoms with Crippen molar-refractivity contribution in [1.29, 1.82) is 0 Å². The minimum atomic E-state index is -3.59. The lowest BCUT2D eigenvalue weighted by atomic mass is 10.1. The van der Waals surface area contributed by atoms with E-state index < -0.39 is 15.9 Å². The van der Waals surface area contributed by atoms with E-state index in [9.17, 15) is 13.2 Å². The molecule has 9 heteroatoms. The van der Waals surface area contributed by atoms with Crippen molar-refractivity contribution in [3.63, 3.8) is 0 Å². The van der Waals surface area contributed by atoms with Gasteiger partial charge in [0.05, 0.1) is 12.0 Å². The third-order valence-corrected chi connectivity index (χ3v) is 6.11. The molecule has 1 aliphatic carbocycles. The van der Waals surface area contributed by atoms with Crippen LogP contribution in [0.1, 0.15) is 18.4 Å². The number of nitrogens with one attached hydrogen (secondary N) is 2. The fourth-order valence-corrected chi connectivity index (χ4v) is 4.33. The molecule has 1 heterocycles. The summed E-state index contributed by atoms with van der Waals surface area (Å²) in [7, 11) is -2.05. The molecule has 158 valence electrons. The highest BCUT2D eigenvalue weighted by Crippen LogP contribution is 2.40. The smallest absolute Gasteiger partial charge is 0.248 e. The predicted octanol–water partition coefficient (Wildman–Crippen LogP) is 2.56. The van der Waals surface area contributed by atoms with E-state index in [1.165, 1.54) is 25.3 Å². The molecule has 30 heavy (non-hydrogen) atoms. The van der Waals surface area contributed by atoms with Crippen LogP contribution in [0.2, 0.25) is 0 Å². The summed E-state index contributed by atoms with van der Waals surface area (Å²) >= 11 is 0. The minimum absolute atomic E-state index is 0.0131. The Bertz CT molecular complexity index is 1080. The van der Waals surface area contributed by atoms with Crippen molar-refractivity contribution in [3.05, 3.63) is 48.0 Å². The van der Waals surface area contributed by atoms with Crippen LogP contribution in [0, 0.1) is 0 Å². The maximum atomic E-state index is 12.3. The van der Waals surface area contributed by atoms with E-state index in [4.69, 9.17) is 14.2 Å². The number of benzene rings is 2. The predicted molar refractivity (Wildman–Crippen MR) is 111 cm³/mol. The second kappa shape index (κ2) is 8.37. The first kappa shape index (κ1) is 20.2. The second-order valence-electron chi connectivity index (χ2n) is 6.99. The molecule has 0 bridgehead atoms. The van der Waals surface area contributed by atoms with Crippen molar-refractivity contribution in [2.24, 2.45) is 0 Å². The number of methoxy groups -OCH3 is 1. The van der Waals surface area contributed by atoms with Crippen LogP contribution in [0.4, 0.5) is 5.69 Å². The maximum absolute atomic E-state index is 12.3. The number of hydrogen-bond donors (Lipinski definition) is 2. The van der Waals surface area contributed by atoms with Gasteiger partial charge in [0.1, 0.15) is 13.2 Å². The van der Waals surface area contributed by atoms with E-state index in [2.05, 4.69) is 10.0 Å². The highest BCUT2D eigenvalue weighted by molar-refractivity contribution is 7.89. The Balaban J connectivity index is 1.46. The zero-order valence-corrected chi connectivity index (χ0v) is 17.2. The third kappa shape index (κ3) is 4.74. The Labute approximate surface area is 174 Å². The molecule has 0 spiro atoms. The first-order chi connectivity index (χ1) is 14.4. The quantitative estimate of drug-likeness (QED) is 0.655.